The van der Waals surface area contributed by atoms with E-state index in [2.05, 4.69) is 20.7 Å². The highest BCUT2D eigenvalue weighted by Gasteiger charge is 2.18. The van der Waals surface area contributed by atoms with Crippen molar-refractivity contribution in [1.82, 2.24) is 24.5 Å². The van der Waals surface area contributed by atoms with Crippen LogP contribution in [0.25, 0.3) is 27.7 Å². The van der Waals surface area contributed by atoms with Gasteiger partial charge in [-0.05, 0) is 60.0 Å². The fraction of sp³-hybridized carbons (Fsp3) is 0.241. The third-order valence-electron chi connectivity index (χ3n) is 6.61. The molecule has 9 heteroatoms. The Labute approximate surface area is 220 Å². The maximum Gasteiger partial charge on any atom is 0.253 e. The van der Waals surface area contributed by atoms with E-state index in [4.69, 9.17) is 4.74 Å². The lowest BCUT2D eigenvalue weighted by Gasteiger charge is -2.15. The Bertz CT molecular complexity index is 1670. The molecule has 38 heavy (non-hydrogen) atoms. The van der Waals surface area contributed by atoms with Crippen LogP contribution in [0.1, 0.15) is 42.7 Å². The van der Waals surface area contributed by atoms with E-state index in [-0.39, 0.29) is 29.7 Å². The Morgan fingerprint density at radius 2 is 1.79 bits per heavy atom. The number of amides is 2. The highest BCUT2D eigenvalue weighted by atomic mass is 16.5. The summed E-state index contributed by atoms with van der Waals surface area (Å²) in [5.41, 5.74) is 4.99. The first-order valence-corrected chi connectivity index (χ1v) is 12.4. The van der Waals surface area contributed by atoms with Gasteiger partial charge in [0.2, 0.25) is 11.9 Å². The summed E-state index contributed by atoms with van der Waals surface area (Å²) >= 11 is 0. The smallest absolute Gasteiger partial charge is 0.253 e. The van der Waals surface area contributed by atoms with E-state index in [1.165, 1.54) is 0 Å². The fourth-order valence-electron chi connectivity index (χ4n) is 4.39. The number of pyridine rings is 1. The van der Waals surface area contributed by atoms with Crippen LogP contribution in [0.2, 0.25) is 0 Å². The molecule has 0 radical (unpaired) electrons. The molecule has 2 amide bonds. The minimum Gasteiger partial charge on any atom is -0.497 e. The van der Waals surface area contributed by atoms with Crippen LogP contribution in [0.15, 0.2) is 67.0 Å². The molecule has 3 heterocycles. The zero-order valence-corrected chi connectivity index (χ0v) is 22.0. The van der Waals surface area contributed by atoms with Gasteiger partial charge in [0.1, 0.15) is 5.75 Å². The van der Waals surface area contributed by atoms with Crippen LogP contribution in [0.4, 0.5) is 5.95 Å². The standard InChI is InChI=1S/C29H30N6O3/c1-17(2)27(36)32-29-31-26-15-21(11-12-35(26)33-29)20-9-10-25-23(14-20)24(16-34(25)4)28(37)30-18(3)19-7-6-8-22(13-19)38-5/h6-18H,1-5H3,(H,30,37)(H,32,33,36)/t18-/m1/s1. The topological polar surface area (TPSA) is 103 Å². The van der Waals surface area contributed by atoms with Crippen LogP contribution >= 0.6 is 0 Å². The molecule has 0 spiro atoms. The molecule has 0 aliphatic carbocycles. The molecule has 0 saturated carbocycles. The molecular weight excluding hydrogens is 480 g/mol. The van der Waals surface area contributed by atoms with E-state index >= 15 is 0 Å². The summed E-state index contributed by atoms with van der Waals surface area (Å²) < 4.78 is 8.90. The van der Waals surface area contributed by atoms with Gasteiger partial charge in [-0.3, -0.25) is 14.9 Å². The summed E-state index contributed by atoms with van der Waals surface area (Å²) in [4.78, 5) is 29.8. The van der Waals surface area contributed by atoms with Gasteiger partial charge in [0, 0.05) is 36.3 Å². The molecule has 194 valence electrons. The summed E-state index contributed by atoms with van der Waals surface area (Å²) in [6.45, 7) is 5.59. The predicted molar refractivity (Wildman–Crippen MR) is 147 cm³/mol. The van der Waals surface area contributed by atoms with Crippen LogP contribution in [0.5, 0.6) is 5.75 Å². The third kappa shape index (κ3) is 4.82. The SMILES string of the molecule is COc1cccc([C@@H](C)NC(=O)c2cn(C)c3ccc(-c4ccn5nc(NC(=O)C(C)C)nc5c4)cc23)c1. The third-order valence-corrected chi connectivity index (χ3v) is 6.61. The van der Waals surface area contributed by atoms with Gasteiger partial charge in [0.05, 0.1) is 18.7 Å². The second-order valence-corrected chi connectivity index (χ2v) is 9.65. The molecule has 0 aliphatic rings. The molecule has 2 aromatic carbocycles. The van der Waals surface area contributed by atoms with Crippen molar-refractivity contribution < 1.29 is 14.3 Å². The van der Waals surface area contributed by atoms with Crippen molar-refractivity contribution >= 4 is 34.3 Å². The molecule has 5 rings (SSSR count). The second-order valence-electron chi connectivity index (χ2n) is 9.65. The van der Waals surface area contributed by atoms with Crippen molar-refractivity contribution in [3.8, 4) is 16.9 Å². The van der Waals surface area contributed by atoms with Crippen molar-refractivity contribution in [2.75, 3.05) is 12.4 Å². The number of benzene rings is 2. The maximum absolute atomic E-state index is 13.4. The zero-order chi connectivity index (χ0) is 27.0. The van der Waals surface area contributed by atoms with E-state index in [0.29, 0.717) is 11.2 Å². The van der Waals surface area contributed by atoms with Crippen LogP contribution in [0, 0.1) is 5.92 Å². The number of carbonyl (C=O) groups is 2. The van der Waals surface area contributed by atoms with Gasteiger partial charge < -0.3 is 14.6 Å². The Morgan fingerprint density at radius 3 is 2.55 bits per heavy atom. The first-order valence-electron chi connectivity index (χ1n) is 12.4. The maximum atomic E-state index is 13.4. The van der Waals surface area contributed by atoms with Gasteiger partial charge in [0.25, 0.3) is 5.91 Å². The number of hydrogen-bond acceptors (Lipinski definition) is 5. The molecule has 5 aromatic rings. The number of methoxy groups -OCH3 is 1. The molecule has 0 fully saturated rings. The van der Waals surface area contributed by atoms with E-state index in [1.807, 2.05) is 93.2 Å². The number of anilines is 1. The van der Waals surface area contributed by atoms with Crippen molar-refractivity contribution in [3.05, 3.63) is 78.1 Å². The first-order chi connectivity index (χ1) is 18.2. The molecule has 9 nitrogen and oxygen atoms in total. The second kappa shape index (κ2) is 10.0. The highest BCUT2D eigenvalue weighted by Crippen LogP contribution is 2.29. The van der Waals surface area contributed by atoms with Crippen molar-refractivity contribution in [2.24, 2.45) is 13.0 Å². The summed E-state index contributed by atoms with van der Waals surface area (Å²) in [5.74, 6) is 0.560. The normalized spacial score (nSPS) is 12.2. The minimum atomic E-state index is -0.197. The molecular formula is C29H30N6O3. The number of aromatic nitrogens is 4. The van der Waals surface area contributed by atoms with Crippen molar-refractivity contribution in [3.63, 3.8) is 0 Å². The van der Waals surface area contributed by atoms with Crippen LogP contribution in [-0.4, -0.2) is 38.1 Å². The van der Waals surface area contributed by atoms with Gasteiger partial charge in [-0.1, -0.05) is 32.0 Å². The summed E-state index contributed by atoms with van der Waals surface area (Å²) in [5, 5.41) is 11.0. The van der Waals surface area contributed by atoms with Gasteiger partial charge in [-0.2, -0.15) is 4.98 Å². The number of hydrogen-bond donors (Lipinski definition) is 2. The number of rotatable bonds is 7. The Morgan fingerprint density at radius 1 is 1.00 bits per heavy atom. The molecule has 0 saturated heterocycles. The highest BCUT2D eigenvalue weighted by molar-refractivity contribution is 6.08. The van der Waals surface area contributed by atoms with Gasteiger partial charge in [-0.25, -0.2) is 4.52 Å². The fourth-order valence-corrected chi connectivity index (χ4v) is 4.39. The molecule has 3 aromatic heterocycles. The van der Waals surface area contributed by atoms with E-state index < -0.39 is 0 Å². The van der Waals surface area contributed by atoms with Crippen LogP contribution in [0.3, 0.4) is 0 Å². The minimum absolute atomic E-state index is 0.137. The summed E-state index contributed by atoms with van der Waals surface area (Å²) in [6, 6.07) is 17.4. The molecule has 2 N–H and O–H groups in total. The van der Waals surface area contributed by atoms with E-state index in [1.54, 1.807) is 17.8 Å². The van der Waals surface area contributed by atoms with Crippen LogP contribution < -0.4 is 15.4 Å². The van der Waals surface area contributed by atoms with E-state index in [9.17, 15) is 9.59 Å². The number of nitrogens with zero attached hydrogens (tertiary/aromatic N) is 4. The largest absolute Gasteiger partial charge is 0.497 e. The van der Waals surface area contributed by atoms with Crippen molar-refractivity contribution in [1.29, 1.82) is 0 Å². The van der Waals surface area contributed by atoms with Gasteiger partial charge in [0.15, 0.2) is 5.65 Å². The number of aryl methyl sites for hydroxylation is 1. The number of ether oxygens (including phenoxy) is 1. The molecule has 1 atom stereocenters. The monoisotopic (exact) mass is 510 g/mol. The number of nitrogens with one attached hydrogen (secondary N) is 2. The predicted octanol–water partition coefficient (Wildman–Crippen LogP) is 4.98. The molecule has 0 unspecified atom stereocenters. The number of fused-ring (bicyclic) bond motifs is 2. The lowest BCUT2D eigenvalue weighted by molar-refractivity contribution is -0.118. The summed E-state index contributed by atoms with van der Waals surface area (Å²) in [7, 11) is 3.56. The Kier molecular flexibility index (Phi) is 6.59. The lowest BCUT2D eigenvalue weighted by atomic mass is 10.0. The Balaban J connectivity index is 1.44. The van der Waals surface area contributed by atoms with Crippen LogP contribution in [-0.2, 0) is 11.8 Å². The van der Waals surface area contributed by atoms with Crippen molar-refractivity contribution in [2.45, 2.75) is 26.8 Å². The van der Waals surface area contributed by atoms with E-state index in [0.717, 1.165) is 33.3 Å². The average molecular weight is 511 g/mol. The van der Waals surface area contributed by atoms with Gasteiger partial charge in [-0.15, -0.1) is 5.10 Å². The summed E-state index contributed by atoms with van der Waals surface area (Å²) in [6.07, 6.45) is 3.66. The lowest BCUT2D eigenvalue weighted by Crippen LogP contribution is -2.26. The first kappa shape index (κ1) is 25.0. The quantitative estimate of drug-likeness (QED) is 0.321. The Hall–Kier alpha value is -4.66. The van der Waals surface area contributed by atoms with Gasteiger partial charge >= 0.3 is 0 Å². The molecule has 0 aliphatic heterocycles. The average Bonchev–Trinajstić information content (AvgIpc) is 3.47. The zero-order valence-electron chi connectivity index (χ0n) is 22.0. The molecule has 0 bridgehead atoms. The number of carbonyl (C=O) groups excluding carboxylic acids is 2.